The van der Waals surface area contributed by atoms with Crippen molar-refractivity contribution in [1.82, 2.24) is 0 Å². The maximum absolute atomic E-state index is 6.73. The molecule has 0 aromatic heterocycles. The summed E-state index contributed by atoms with van der Waals surface area (Å²) < 4.78 is 0. The first-order chi connectivity index (χ1) is 20.7. The van der Waals surface area contributed by atoms with Crippen LogP contribution in [0.2, 0.25) is 26.2 Å². The molecule has 3 heteroatoms. The van der Waals surface area contributed by atoms with Gasteiger partial charge >= 0.3 is 0 Å². The van der Waals surface area contributed by atoms with E-state index in [1.54, 1.807) is 16.3 Å². The molecular formula is C42H55ClSi2. The Morgan fingerprint density at radius 1 is 0.667 bits per heavy atom. The van der Waals surface area contributed by atoms with Gasteiger partial charge in [0.25, 0.3) is 0 Å². The average Bonchev–Trinajstić information content (AvgIpc) is 3.59. The van der Waals surface area contributed by atoms with E-state index in [2.05, 4.69) is 155 Å². The maximum Gasteiger partial charge on any atom is 0.181 e. The Morgan fingerprint density at radius 2 is 1.13 bits per heavy atom. The average molecular weight is 652 g/mol. The van der Waals surface area contributed by atoms with Crippen molar-refractivity contribution in [2.75, 3.05) is 0 Å². The van der Waals surface area contributed by atoms with Gasteiger partial charge < -0.3 is 0 Å². The second-order valence-electron chi connectivity index (χ2n) is 17.1. The standard InChI is InChI=1S/C26H32Si.C16H23ClSi/c1-17-12-19-15-20(26(3,4)5)16-25(23(19)13-17)27(6,7)24-14-18(2)21-10-8-9-11-22(21)24;1-11-7-12-9-13(16(2,3)4)10-15(14(12)8-11)18(5,6)17/h8-12,14-16,24H,13H2,1-7H3;7,9-10H,8H2,1-6H3. The fourth-order valence-corrected chi connectivity index (χ4v) is 13.0. The van der Waals surface area contributed by atoms with E-state index >= 15 is 0 Å². The summed E-state index contributed by atoms with van der Waals surface area (Å²) in [6.45, 7) is 30.2. The Labute approximate surface area is 281 Å². The van der Waals surface area contributed by atoms with Crippen LogP contribution in [0, 0.1) is 0 Å². The molecule has 0 heterocycles. The highest BCUT2D eigenvalue weighted by Crippen LogP contribution is 2.42. The van der Waals surface area contributed by atoms with Crippen LogP contribution < -0.4 is 10.4 Å². The van der Waals surface area contributed by atoms with E-state index in [9.17, 15) is 0 Å². The summed E-state index contributed by atoms with van der Waals surface area (Å²) >= 11 is 6.73. The number of allylic oxidation sites excluding steroid dienone is 4. The van der Waals surface area contributed by atoms with Gasteiger partial charge in [0.2, 0.25) is 0 Å². The van der Waals surface area contributed by atoms with Crippen molar-refractivity contribution in [2.45, 2.75) is 118 Å². The van der Waals surface area contributed by atoms with E-state index in [4.69, 9.17) is 11.1 Å². The lowest BCUT2D eigenvalue weighted by molar-refractivity contribution is 0.590. The smallest absolute Gasteiger partial charge is 0.162 e. The topological polar surface area (TPSA) is 0 Å². The summed E-state index contributed by atoms with van der Waals surface area (Å²) in [5, 5.41) is 3.10. The molecule has 45 heavy (non-hydrogen) atoms. The lowest BCUT2D eigenvalue weighted by Crippen LogP contribution is -2.49. The molecule has 6 rings (SSSR count). The predicted molar refractivity (Wildman–Crippen MR) is 208 cm³/mol. The summed E-state index contributed by atoms with van der Waals surface area (Å²) in [6, 6.07) is 18.8. The van der Waals surface area contributed by atoms with Crippen molar-refractivity contribution in [3.63, 3.8) is 0 Å². The molecule has 0 nitrogen and oxygen atoms in total. The first-order valence-electron chi connectivity index (χ1n) is 16.8. The largest absolute Gasteiger partial charge is 0.181 e. The minimum Gasteiger partial charge on any atom is -0.162 e. The van der Waals surface area contributed by atoms with Gasteiger partial charge in [-0.25, -0.2) is 0 Å². The van der Waals surface area contributed by atoms with E-state index in [1.807, 2.05) is 0 Å². The van der Waals surface area contributed by atoms with Crippen LogP contribution in [-0.4, -0.2) is 15.5 Å². The normalized spacial score (nSPS) is 17.6. The Bertz CT molecular complexity index is 1740. The lowest BCUT2D eigenvalue weighted by atomic mass is 9.85. The van der Waals surface area contributed by atoms with E-state index in [1.165, 1.54) is 55.3 Å². The van der Waals surface area contributed by atoms with Crippen LogP contribution >= 0.6 is 11.1 Å². The van der Waals surface area contributed by atoms with Gasteiger partial charge in [-0.1, -0.05) is 151 Å². The Morgan fingerprint density at radius 3 is 1.62 bits per heavy atom. The van der Waals surface area contributed by atoms with Gasteiger partial charge in [0.15, 0.2) is 7.38 Å². The summed E-state index contributed by atoms with van der Waals surface area (Å²) in [7, 11) is -3.54. The molecule has 3 aliphatic carbocycles. The van der Waals surface area contributed by atoms with Crippen molar-refractivity contribution >= 4 is 54.6 Å². The van der Waals surface area contributed by atoms with Crippen LogP contribution in [0.15, 0.2) is 65.8 Å². The van der Waals surface area contributed by atoms with Gasteiger partial charge in [0.05, 0.1) is 8.07 Å². The van der Waals surface area contributed by atoms with Crippen LogP contribution in [0.1, 0.15) is 112 Å². The second-order valence-corrected chi connectivity index (χ2v) is 28.0. The van der Waals surface area contributed by atoms with Gasteiger partial charge in [0.1, 0.15) is 0 Å². The molecule has 0 N–H and O–H groups in total. The van der Waals surface area contributed by atoms with E-state index in [-0.39, 0.29) is 10.8 Å². The van der Waals surface area contributed by atoms with Gasteiger partial charge in [-0.05, 0) is 99.7 Å². The van der Waals surface area contributed by atoms with E-state index in [0.29, 0.717) is 5.54 Å². The van der Waals surface area contributed by atoms with Crippen LogP contribution in [0.3, 0.4) is 0 Å². The highest BCUT2D eigenvalue weighted by molar-refractivity contribution is 7.26. The lowest BCUT2D eigenvalue weighted by Gasteiger charge is -2.34. The zero-order valence-corrected chi connectivity index (χ0v) is 33.0. The molecule has 3 aromatic carbocycles. The van der Waals surface area contributed by atoms with Crippen molar-refractivity contribution in [3.05, 3.63) is 110 Å². The summed E-state index contributed by atoms with van der Waals surface area (Å²) in [5.41, 5.74) is 17.2. The third-order valence-corrected chi connectivity index (χ3v) is 16.5. The van der Waals surface area contributed by atoms with E-state index in [0.717, 1.165) is 12.8 Å². The Balaban J connectivity index is 0.000000194. The third kappa shape index (κ3) is 6.71. The molecule has 0 bridgehead atoms. The summed E-state index contributed by atoms with van der Waals surface area (Å²) in [6.07, 6.45) is 9.51. The third-order valence-electron chi connectivity index (χ3n) is 10.3. The molecule has 0 saturated carbocycles. The van der Waals surface area contributed by atoms with Crippen molar-refractivity contribution in [2.24, 2.45) is 0 Å². The minimum atomic E-state index is -1.79. The monoisotopic (exact) mass is 650 g/mol. The molecule has 0 radical (unpaired) electrons. The molecule has 0 amide bonds. The van der Waals surface area contributed by atoms with Crippen molar-refractivity contribution < 1.29 is 0 Å². The second kappa shape index (κ2) is 11.7. The first kappa shape index (κ1) is 34.0. The highest BCUT2D eigenvalue weighted by Gasteiger charge is 2.40. The zero-order valence-electron chi connectivity index (χ0n) is 30.2. The SMILES string of the molecule is CC1=Cc2cc(C(C)(C)C)cc([Si](C)(C)C3C=C(C)c4ccccc43)c2C1.CC1=Cc2cc(C(C)(C)C)cc([Si](C)(C)Cl)c2C1. The van der Waals surface area contributed by atoms with Crippen LogP contribution in [0.5, 0.6) is 0 Å². The summed E-state index contributed by atoms with van der Waals surface area (Å²) in [4.78, 5) is 0. The predicted octanol–water partition coefficient (Wildman–Crippen LogP) is 11.2. The number of halogens is 1. The van der Waals surface area contributed by atoms with E-state index < -0.39 is 15.5 Å². The Kier molecular flexibility index (Phi) is 8.82. The molecule has 1 unspecified atom stereocenters. The van der Waals surface area contributed by atoms with Crippen molar-refractivity contribution in [1.29, 1.82) is 0 Å². The molecule has 1 atom stereocenters. The highest BCUT2D eigenvalue weighted by atomic mass is 35.6. The molecule has 0 fully saturated rings. The number of benzene rings is 3. The maximum atomic E-state index is 6.73. The van der Waals surface area contributed by atoms with Gasteiger partial charge in [0, 0.05) is 5.54 Å². The molecule has 0 aliphatic heterocycles. The molecule has 3 aliphatic rings. The van der Waals surface area contributed by atoms with Gasteiger partial charge in [-0.3, -0.25) is 0 Å². The van der Waals surface area contributed by atoms with Crippen LogP contribution in [0.25, 0.3) is 17.7 Å². The number of hydrogen-bond acceptors (Lipinski definition) is 0. The molecule has 0 saturated heterocycles. The first-order valence-corrected chi connectivity index (χ1v) is 23.9. The fourth-order valence-electron chi connectivity index (χ4n) is 7.52. The molecule has 238 valence electrons. The molecular weight excluding hydrogens is 596 g/mol. The number of fused-ring (bicyclic) bond motifs is 3. The van der Waals surface area contributed by atoms with Crippen molar-refractivity contribution in [3.8, 4) is 0 Å². The quantitative estimate of drug-likeness (QED) is 0.195. The minimum absolute atomic E-state index is 0.179. The summed E-state index contributed by atoms with van der Waals surface area (Å²) in [5.74, 6) is 0. The molecule has 3 aromatic rings. The Hall–Kier alpha value is -2.40. The molecule has 0 spiro atoms. The zero-order chi connectivity index (χ0) is 33.3. The van der Waals surface area contributed by atoms with Gasteiger partial charge in [-0.15, -0.1) is 0 Å². The van der Waals surface area contributed by atoms with Crippen LogP contribution in [0.4, 0.5) is 0 Å². The van der Waals surface area contributed by atoms with Gasteiger partial charge in [-0.2, -0.15) is 11.1 Å². The van der Waals surface area contributed by atoms with Crippen LogP contribution in [-0.2, 0) is 23.7 Å². The number of rotatable bonds is 3. The fraction of sp³-hybridized carbons (Fsp3) is 0.429. The number of hydrogen-bond donors (Lipinski definition) is 0.